The molecule has 0 aliphatic carbocycles. The van der Waals surface area contributed by atoms with E-state index in [1.165, 1.54) is 21.2 Å². The van der Waals surface area contributed by atoms with Crippen LogP contribution < -0.4 is 0 Å². The SMILES string of the molecule is CSc1ccc(C(=C=Cc2ccccc2)[Si](C)(C)C)cc1. The maximum Gasteiger partial charge on any atom is 0.0883 e. The van der Waals surface area contributed by atoms with E-state index in [4.69, 9.17) is 0 Å². The van der Waals surface area contributed by atoms with Gasteiger partial charge in [0.25, 0.3) is 0 Å². The number of hydrogen-bond acceptors (Lipinski definition) is 1. The van der Waals surface area contributed by atoms with Gasteiger partial charge in [0.15, 0.2) is 0 Å². The van der Waals surface area contributed by atoms with E-state index in [-0.39, 0.29) is 0 Å². The van der Waals surface area contributed by atoms with Gasteiger partial charge in [-0.2, -0.15) is 0 Å². The van der Waals surface area contributed by atoms with E-state index in [0.717, 1.165) is 0 Å². The first kappa shape index (κ1) is 15.9. The Balaban J connectivity index is 2.46. The van der Waals surface area contributed by atoms with Crippen LogP contribution in [0.5, 0.6) is 0 Å². The van der Waals surface area contributed by atoms with Crippen LogP contribution >= 0.6 is 11.8 Å². The van der Waals surface area contributed by atoms with E-state index in [0.29, 0.717) is 0 Å². The molecule has 0 saturated heterocycles. The average Bonchev–Trinajstić information content (AvgIpc) is 2.48. The summed E-state index contributed by atoms with van der Waals surface area (Å²) in [6.07, 6.45) is 4.22. The highest BCUT2D eigenvalue weighted by atomic mass is 32.2. The molecule has 0 atom stereocenters. The van der Waals surface area contributed by atoms with Gasteiger partial charge in [-0.05, 0) is 40.8 Å². The molecule has 2 aromatic rings. The van der Waals surface area contributed by atoms with Crippen molar-refractivity contribution in [3.8, 4) is 0 Å². The first-order valence-electron chi connectivity index (χ1n) is 7.17. The molecule has 0 aromatic heterocycles. The van der Waals surface area contributed by atoms with Crippen molar-refractivity contribution in [3.05, 3.63) is 71.5 Å². The fourth-order valence-corrected chi connectivity index (χ4v) is 4.14. The molecule has 0 heterocycles. The molecule has 108 valence electrons. The zero-order chi connectivity index (χ0) is 15.3. The van der Waals surface area contributed by atoms with E-state index in [9.17, 15) is 0 Å². The van der Waals surface area contributed by atoms with Crippen LogP contribution in [0.2, 0.25) is 19.6 Å². The van der Waals surface area contributed by atoms with E-state index >= 15 is 0 Å². The van der Waals surface area contributed by atoms with Crippen molar-refractivity contribution < 1.29 is 0 Å². The summed E-state index contributed by atoms with van der Waals surface area (Å²) < 4.78 is 0. The summed E-state index contributed by atoms with van der Waals surface area (Å²) in [6.45, 7) is 7.12. The van der Waals surface area contributed by atoms with Gasteiger partial charge in [-0.1, -0.05) is 62.1 Å². The first-order chi connectivity index (χ1) is 10.0. The molecule has 0 fully saturated rings. The zero-order valence-electron chi connectivity index (χ0n) is 13.2. The average molecular weight is 311 g/mol. The molecule has 0 unspecified atom stereocenters. The number of thioether (sulfide) groups is 1. The van der Waals surface area contributed by atoms with Crippen molar-refractivity contribution in [2.24, 2.45) is 0 Å². The van der Waals surface area contributed by atoms with Crippen LogP contribution in [-0.4, -0.2) is 14.3 Å². The van der Waals surface area contributed by atoms with Gasteiger partial charge in [0, 0.05) is 4.90 Å². The molecule has 2 heteroatoms. The van der Waals surface area contributed by atoms with Crippen LogP contribution in [0.1, 0.15) is 11.1 Å². The second-order valence-corrected chi connectivity index (χ2v) is 11.9. The summed E-state index contributed by atoms with van der Waals surface area (Å²) in [5.41, 5.74) is 6.08. The van der Waals surface area contributed by atoms with Crippen LogP contribution in [0.25, 0.3) is 11.3 Å². The molecule has 0 amide bonds. The summed E-state index contributed by atoms with van der Waals surface area (Å²) in [5, 5.41) is 1.37. The lowest BCUT2D eigenvalue weighted by Gasteiger charge is -2.19. The van der Waals surface area contributed by atoms with E-state index < -0.39 is 8.07 Å². The maximum absolute atomic E-state index is 3.58. The van der Waals surface area contributed by atoms with Crippen LogP contribution in [0, 0.1) is 0 Å². The van der Waals surface area contributed by atoms with Gasteiger partial charge in [0.2, 0.25) is 0 Å². The van der Waals surface area contributed by atoms with Crippen molar-refractivity contribution in [3.63, 3.8) is 0 Å². The molecular weight excluding hydrogens is 288 g/mol. The van der Waals surface area contributed by atoms with Crippen LogP contribution in [0.4, 0.5) is 0 Å². The van der Waals surface area contributed by atoms with Crippen LogP contribution in [-0.2, 0) is 0 Å². The van der Waals surface area contributed by atoms with Crippen molar-refractivity contribution in [2.75, 3.05) is 6.26 Å². The third-order valence-electron chi connectivity index (χ3n) is 3.31. The summed E-state index contributed by atoms with van der Waals surface area (Å²) in [4.78, 5) is 1.31. The highest BCUT2D eigenvalue weighted by Gasteiger charge is 2.20. The molecule has 0 nitrogen and oxygen atoms in total. The fraction of sp³-hybridized carbons (Fsp3) is 0.211. The predicted molar refractivity (Wildman–Crippen MR) is 99.4 cm³/mol. The Morgan fingerprint density at radius 1 is 0.952 bits per heavy atom. The molecule has 0 spiro atoms. The minimum Gasteiger partial charge on any atom is -0.130 e. The molecule has 2 rings (SSSR count). The third kappa shape index (κ3) is 4.50. The normalized spacial score (nSPS) is 10.9. The number of benzene rings is 2. The fourth-order valence-electron chi connectivity index (χ4n) is 2.20. The molecule has 0 radical (unpaired) electrons. The smallest absolute Gasteiger partial charge is 0.0883 e. The predicted octanol–water partition coefficient (Wildman–Crippen LogP) is 5.98. The Morgan fingerprint density at radius 3 is 2.10 bits per heavy atom. The second kappa shape index (κ2) is 6.99. The van der Waals surface area contributed by atoms with Gasteiger partial charge in [0.1, 0.15) is 0 Å². The van der Waals surface area contributed by atoms with Gasteiger partial charge in [-0.25, -0.2) is 0 Å². The van der Waals surface area contributed by atoms with Gasteiger partial charge in [-0.3, -0.25) is 0 Å². The lowest BCUT2D eigenvalue weighted by Crippen LogP contribution is -2.22. The Bertz CT molecular complexity index is 642. The minimum atomic E-state index is -1.44. The quantitative estimate of drug-likeness (QED) is 0.380. The van der Waals surface area contributed by atoms with Crippen molar-refractivity contribution >= 4 is 31.1 Å². The Kier molecular flexibility index (Phi) is 5.30. The van der Waals surface area contributed by atoms with Crippen LogP contribution in [0.15, 0.2) is 65.2 Å². The monoisotopic (exact) mass is 310 g/mol. The second-order valence-electron chi connectivity index (χ2n) is 6.05. The third-order valence-corrected chi connectivity index (χ3v) is 5.99. The lowest BCUT2D eigenvalue weighted by molar-refractivity contribution is 1.45. The highest BCUT2D eigenvalue weighted by Crippen LogP contribution is 2.27. The van der Waals surface area contributed by atoms with Gasteiger partial charge in [-0.15, -0.1) is 17.5 Å². The van der Waals surface area contributed by atoms with Gasteiger partial charge >= 0.3 is 0 Å². The Labute approximate surface area is 133 Å². The summed E-state index contributed by atoms with van der Waals surface area (Å²) in [6, 6.07) is 19.3. The Morgan fingerprint density at radius 2 is 1.57 bits per heavy atom. The largest absolute Gasteiger partial charge is 0.130 e. The molecule has 2 aromatic carbocycles. The molecule has 0 aliphatic rings. The molecule has 0 bridgehead atoms. The summed E-state index contributed by atoms with van der Waals surface area (Å²) in [7, 11) is -1.44. The van der Waals surface area contributed by atoms with Crippen molar-refractivity contribution in [1.82, 2.24) is 0 Å². The van der Waals surface area contributed by atoms with E-state index in [2.05, 4.69) is 86.2 Å². The molecular formula is C19H22SSi. The van der Waals surface area contributed by atoms with Crippen molar-refractivity contribution in [2.45, 2.75) is 24.5 Å². The topological polar surface area (TPSA) is 0 Å². The van der Waals surface area contributed by atoms with E-state index in [1.807, 2.05) is 6.07 Å². The molecule has 0 N–H and O–H groups in total. The number of rotatable bonds is 4. The lowest BCUT2D eigenvalue weighted by atomic mass is 10.2. The zero-order valence-corrected chi connectivity index (χ0v) is 15.0. The summed E-state index contributed by atoms with van der Waals surface area (Å²) in [5.74, 6) is 0. The Hall–Kier alpha value is -1.47. The van der Waals surface area contributed by atoms with Crippen molar-refractivity contribution in [1.29, 1.82) is 0 Å². The molecule has 21 heavy (non-hydrogen) atoms. The summed E-state index contributed by atoms with van der Waals surface area (Å²) >= 11 is 1.78. The molecule has 0 saturated carbocycles. The molecule has 0 aliphatic heterocycles. The van der Waals surface area contributed by atoms with Crippen LogP contribution in [0.3, 0.4) is 0 Å². The van der Waals surface area contributed by atoms with E-state index in [1.54, 1.807) is 11.8 Å². The standard InChI is InChI=1S/C19H22SSi/c1-20-18-13-11-17(12-14-18)19(21(2,3)4)15-10-16-8-6-5-7-9-16/h5-14H,1-4H3. The minimum absolute atomic E-state index is 1.20. The van der Waals surface area contributed by atoms with Gasteiger partial charge < -0.3 is 0 Å². The highest BCUT2D eigenvalue weighted by molar-refractivity contribution is 7.98. The maximum atomic E-state index is 3.58. The first-order valence-corrected chi connectivity index (χ1v) is 11.9. The number of hydrogen-bond donors (Lipinski definition) is 0. The van der Waals surface area contributed by atoms with Gasteiger partial charge in [0.05, 0.1) is 8.07 Å².